The quantitative estimate of drug-likeness (QED) is 0.357. The zero-order chi connectivity index (χ0) is 19.6. The largest absolute Gasteiger partial charge is 0.494 e. The van der Waals surface area contributed by atoms with Crippen molar-refractivity contribution in [3.8, 4) is 5.75 Å². The first-order valence-electron chi connectivity index (χ1n) is 10.1. The number of benzene rings is 2. The van der Waals surface area contributed by atoms with Gasteiger partial charge in [-0.15, -0.1) is 0 Å². The molecule has 146 valence electrons. The number of ether oxygens (including phenoxy) is 1. The molecule has 0 fully saturated rings. The molecule has 2 nitrogen and oxygen atoms in total. The van der Waals surface area contributed by atoms with E-state index >= 15 is 0 Å². The van der Waals surface area contributed by atoms with E-state index in [4.69, 9.17) is 4.74 Å². The fourth-order valence-corrected chi connectivity index (χ4v) is 4.09. The van der Waals surface area contributed by atoms with Crippen molar-refractivity contribution in [3.63, 3.8) is 0 Å². The molecular weight excluding hydrogens is 364 g/mol. The highest BCUT2D eigenvalue weighted by atomic mass is 32.2. The van der Waals surface area contributed by atoms with Crippen LogP contribution in [-0.4, -0.2) is 17.5 Å². The Labute approximate surface area is 172 Å². The number of carbonyl (C=O) groups is 1. The first kappa shape index (κ1) is 20.5. The van der Waals surface area contributed by atoms with Crippen molar-refractivity contribution >= 4 is 28.5 Å². The average Bonchev–Trinajstić information content (AvgIpc) is 2.96. The Hall–Kier alpha value is -2.26. The van der Waals surface area contributed by atoms with Crippen LogP contribution in [0.2, 0.25) is 0 Å². The lowest BCUT2D eigenvalue weighted by Crippen LogP contribution is -1.98. The van der Waals surface area contributed by atoms with E-state index in [2.05, 4.69) is 61.2 Å². The van der Waals surface area contributed by atoms with Crippen molar-refractivity contribution in [2.75, 3.05) is 12.4 Å². The Morgan fingerprint density at radius 3 is 2.68 bits per heavy atom. The maximum absolute atomic E-state index is 11.1. The molecule has 0 amide bonds. The summed E-state index contributed by atoms with van der Waals surface area (Å²) in [6, 6.07) is 17.2. The van der Waals surface area contributed by atoms with Crippen molar-refractivity contribution in [3.05, 3.63) is 77.9 Å². The van der Waals surface area contributed by atoms with Gasteiger partial charge >= 0.3 is 0 Å². The molecule has 0 radical (unpaired) electrons. The van der Waals surface area contributed by atoms with Crippen LogP contribution in [0.5, 0.6) is 5.75 Å². The predicted molar refractivity (Wildman–Crippen MR) is 121 cm³/mol. The van der Waals surface area contributed by atoms with Gasteiger partial charge in [0.2, 0.25) is 5.12 Å². The van der Waals surface area contributed by atoms with Crippen LogP contribution in [0.4, 0.5) is 0 Å². The second kappa shape index (κ2) is 10.9. The maximum atomic E-state index is 11.1. The molecule has 0 aromatic heterocycles. The van der Waals surface area contributed by atoms with Crippen LogP contribution in [0, 0.1) is 0 Å². The lowest BCUT2D eigenvalue weighted by molar-refractivity contribution is -0.107. The van der Waals surface area contributed by atoms with Crippen LogP contribution in [-0.2, 0) is 11.2 Å². The molecule has 0 spiro atoms. The summed E-state index contributed by atoms with van der Waals surface area (Å²) in [5, 5.41) is 0.0589. The van der Waals surface area contributed by atoms with E-state index in [9.17, 15) is 4.79 Å². The summed E-state index contributed by atoms with van der Waals surface area (Å²) in [6.07, 6.45) is 10.3. The second-order valence-electron chi connectivity index (χ2n) is 7.03. The minimum atomic E-state index is 0.0589. The third kappa shape index (κ3) is 6.13. The Balaban J connectivity index is 1.46. The molecule has 1 aliphatic carbocycles. The first-order valence-corrected chi connectivity index (χ1v) is 11.1. The number of hydrogen-bond acceptors (Lipinski definition) is 3. The smallest absolute Gasteiger partial charge is 0.211 e. The first-order chi connectivity index (χ1) is 13.8. The Bertz CT molecular complexity index is 821. The van der Waals surface area contributed by atoms with Gasteiger partial charge in [0.15, 0.2) is 0 Å². The third-order valence-corrected chi connectivity index (χ3v) is 5.91. The third-order valence-electron chi connectivity index (χ3n) is 4.97. The van der Waals surface area contributed by atoms with Crippen molar-refractivity contribution in [1.82, 2.24) is 0 Å². The second-order valence-corrected chi connectivity index (χ2v) is 8.13. The summed E-state index contributed by atoms with van der Waals surface area (Å²) < 4.78 is 5.87. The van der Waals surface area contributed by atoms with Gasteiger partial charge in [-0.25, -0.2) is 0 Å². The minimum absolute atomic E-state index is 0.0589. The maximum Gasteiger partial charge on any atom is 0.211 e. The molecule has 1 aliphatic rings. The Kier molecular flexibility index (Phi) is 7.98. The lowest BCUT2D eigenvalue weighted by atomic mass is 10.0. The van der Waals surface area contributed by atoms with Crippen LogP contribution in [0.3, 0.4) is 0 Å². The predicted octanol–water partition coefficient (Wildman–Crippen LogP) is 6.56. The molecule has 28 heavy (non-hydrogen) atoms. The molecule has 3 rings (SSSR count). The van der Waals surface area contributed by atoms with Crippen molar-refractivity contribution in [2.45, 2.75) is 38.5 Å². The molecule has 0 unspecified atom stereocenters. The SMILES string of the molecule is C=CC(=O)SCCCCCOc1ccc(C2=Cc3ccccc3CCC2)cc1. The molecule has 0 N–H and O–H groups in total. The lowest BCUT2D eigenvalue weighted by Gasteiger charge is -2.09. The average molecular weight is 393 g/mol. The standard InChI is InChI=1S/C25H28O2S/c1-2-25(26)28-18-7-3-6-17-27-24-15-13-21(14-16-24)23-12-8-11-20-9-4-5-10-22(20)19-23/h2,4-5,9-10,13-16,19H,1,3,6-8,11-12,17-18H2. The Morgan fingerprint density at radius 2 is 1.86 bits per heavy atom. The van der Waals surface area contributed by atoms with E-state index < -0.39 is 0 Å². The minimum Gasteiger partial charge on any atom is -0.494 e. The highest BCUT2D eigenvalue weighted by molar-refractivity contribution is 8.14. The Morgan fingerprint density at radius 1 is 1.04 bits per heavy atom. The zero-order valence-corrected chi connectivity index (χ0v) is 17.2. The molecule has 0 heterocycles. The van der Waals surface area contributed by atoms with Gasteiger partial charge in [0, 0.05) is 5.75 Å². The summed E-state index contributed by atoms with van der Waals surface area (Å²) in [5.74, 6) is 1.78. The number of hydrogen-bond donors (Lipinski definition) is 0. The van der Waals surface area contributed by atoms with Gasteiger partial charge in [0.05, 0.1) is 6.61 Å². The van der Waals surface area contributed by atoms with E-state index in [1.54, 1.807) is 0 Å². The van der Waals surface area contributed by atoms with Gasteiger partial charge in [-0.05, 0) is 79.0 Å². The zero-order valence-electron chi connectivity index (χ0n) is 16.4. The fraction of sp³-hybridized carbons (Fsp3) is 0.320. The summed E-state index contributed by atoms with van der Waals surface area (Å²) in [6.45, 7) is 4.20. The number of unbranched alkanes of at least 4 members (excludes halogenated alkanes) is 2. The van der Waals surface area contributed by atoms with Crippen molar-refractivity contribution in [1.29, 1.82) is 0 Å². The van der Waals surface area contributed by atoms with E-state index in [1.165, 1.54) is 46.5 Å². The van der Waals surface area contributed by atoms with Crippen LogP contribution < -0.4 is 4.74 Å². The normalized spacial score (nSPS) is 13.2. The van der Waals surface area contributed by atoms with Gasteiger partial charge in [-0.1, -0.05) is 60.8 Å². The summed E-state index contributed by atoms with van der Waals surface area (Å²) in [7, 11) is 0. The molecule has 0 aliphatic heterocycles. The number of carbonyl (C=O) groups excluding carboxylic acids is 1. The number of aryl methyl sites for hydroxylation is 1. The number of rotatable bonds is 9. The topological polar surface area (TPSA) is 26.3 Å². The van der Waals surface area contributed by atoms with Crippen molar-refractivity contribution < 1.29 is 9.53 Å². The van der Waals surface area contributed by atoms with Gasteiger partial charge in [0.25, 0.3) is 0 Å². The van der Waals surface area contributed by atoms with Gasteiger partial charge in [-0.3, -0.25) is 4.79 Å². The molecule has 0 bridgehead atoms. The summed E-state index contributed by atoms with van der Waals surface area (Å²) in [4.78, 5) is 11.1. The van der Waals surface area contributed by atoms with E-state index in [0.717, 1.165) is 50.2 Å². The highest BCUT2D eigenvalue weighted by Crippen LogP contribution is 2.30. The summed E-state index contributed by atoms with van der Waals surface area (Å²) in [5.41, 5.74) is 5.49. The number of fused-ring (bicyclic) bond motifs is 1. The van der Waals surface area contributed by atoms with Crippen LogP contribution in [0.25, 0.3) is 11.6 Å². The molecule has 0 atom stereocenters. The van der Waals surface area contributed by atoms with Crippen LogP contribution in [0.1, 0.15) is 48.8 Å². The fourth-order valence-electron chi connectivity index (χ4n) is 3.43. The van der Waals surface area contributed by atoms with E-state index in [0.29, 0.717) is 0 Å². The van der Waals surface area contributed by atoms with Crippen molar-refractivity contribution in [2.24, 2.45) is 0 Å². The molecule has 3 heteroatoms. The summed E-state index contributed by atoms with van der Waals surface area (Å²) >= 11 is 1.34. The van der Waals surface area contributed by atoms with Crippen LogP contribution in [0.15, 0.2) is 61.2 Å². The van der Waals surface area contributed by atoms with Gasteiger partial charge in [-0.2, -0.15) is 0 Å². The molecule has 0 saturated heterocycles. The monoisotopic (exact) mass is 392 g/mol. The van der Waals surface area contributed by atoms with E-state index in [-0.39, 0.29) is 5.12 Å². The van der Waals surface area contributed by atoms with Crippen LogP contribution >= 0.6 is 11.8 Å². The van der Waals surface area contributed by atoms with Gasteiger partial charge in [0.1, 0.15) is 5.75 Å². The highest BCUT2D eigenvalue weighted by Gasteiger charge is 2.10. The number of allylic oxidation sites excluding steroid dienone is 1. The van der Waals surface area contributed by atoms with E-state index in [1.807, 2.05) is 0 Å². The molecule has 2 aromatic carbocycles. The molecular formula is C25H28O2S. The molecule has 2 aromatic rings. The number of thioether (sulfide) groups is 1. The molecule has 0 saturated carbocycles. The van der Waals surface area contributed by atoms with Gasteiger partial charge < -0.3 is 4.74 Å².